The van der Waals surface area contributed by atoms with Crippen molar-refractivity contribution in [3.05, 3.63) is 11.6 Å². The van der Waals surface area contributed by atoms with Crippen LogP contribution in [-0.2, 0) is 14.4 Å². The van der Waals surface area contributed by atoms with Gasteiger partial charge in [0.1, 0.15) is 0 Å². The van der Waals surface area contributed by atoms with Crippen molar-refractivity contribution in [2.75, 3.05) is 0 Å². The van der Waals surface area contributed by atoms with Crippen LogP contribution in [0.3, 0.4) is 0 Å². The molecule has 0 spiro atoms. The molecule has 0 saturated heterocycles. The molecule has 0 heterocycles. The number of hydrogen-bond donors (Lipinski definition) is 3. The van der Waals surface area contributed by atoms with Crippen molar-refractivity contribution in [1.82, 2.24) is 10.9 Å². The Labute approximate surface area is 118 Å². The van der Waals surface area contributed by atoms with Crippen LogP contribution in [0.1, 0.15) is 51.9 Å². The van der Waals surface area contributed by atoms with E-state index in [0.717, 1.165) is 12.5 Å². The van der Waals surface area contributed by atoms with Crippen LogP contribution in [0.15, 0.2) is 11.6 Å². The Kier molecular flexibility index (Phi) is 6.76. The van der Waals surface area contributed by atoms with Gasteiger partial charge in [-0.25, -0.2) is 4.79 Å². The molecule has 1 saturated carbocycles. The van der Waals surface area contributed by atoms with E-state index in [1.54, 1.807) is 0 Å². The second kappa shape index (κ2) is 8.35. The first kappa shape index (κ1) is 16.2. The van der Waals surface area contributed by atoms with E-state index in [0.29, 0.717) is 12.3 Å². The highest BCUT2D eigenvalue weighted by molar-refractivity contribution is 5.97. The first-order valence-corrected chi connectivity index (χ1v) is 6.99. The molecule has 0 radical (unpaired) electrons. The summed E-state index contributed by atoms with van der Waals surface area (Å²) in [6.45, 7) is 1.31. The fourth-order valence-corrected chi connectivity index (χ4v) is 2.30. The number of aliphatic carboxylic acids is 1. The van der Waals surface area contributed by atoms with Crippen LogP contribution in [0.5, 0.6) is 0 Å². The summed E-state index contributed by atoms with van der Waals surface area (Å²) in [7, 11) is 0. The predicted octanol–water partition coefficient (Wildman–Crippen LogP) is 1.53. The van der Waals surface area contributed by atoms with Crippen molar-refractivity contribution in [2.45, 2.75) is 51.9 Å². The van der Waals surface area contributed by atoms with Gasteiger partial charge in [0.25, 0.3) is 5.91 Å². The molecule has 1 rings (SSSR count). The number of amides is 2. The average molecular weight is 282 g/mol. The van der Waals surface area contributed by atoms with Crippen LogP contribution in [0.2, 0.25) is 0 Å². The van der Waals surface area contributed by atoms with Crippen LogP contribution >= 0.6 is 0 Å². The average Bonchev–Trinajstić information content (AvgIpc) is 2.43. The van der Waals surface area contributed by atoms with Gasteiger partial charge < -0.3 is 5.11 Å². The molecule has 6 heteroatoms. The van der Waals surface area contributed by atoms with Crippen LogP contribution < -0.4 is 10.9 Å². The van der Waals surface area contributed by atoms with E-state index >= 15 is 0 Å². The zero-order chi connectivity index (χ0) is 15.0. The normalized spacial score (nSPS) is 16.6. The lowest BCUT2D eigenvalue weighted by atomic mass is 9.86. The van der Waals surface area contributed by atoms with Crippen LogP contribution in [0, 0.1) is 5.92 Å². The third kappa shape index (κ3) is 6.36. The molecule has 20 heavy (non-hydrogen) atoms. The van der Waals surface area contributed by atoms with E-state index in [4.69, 9.17) is 5.11 Å². The van der Waals surface area contributed by atoms with Gasteiger partial charge in [0.15, 0.2) is 0 Å². The Morgan fingerprint density at radius 2 is 1.80 bits per heavy atom. The fraction of sp³-hybridized carbons (Fsp3) is 0.643. The maximum absolute atomic E-state index is 11.5. The number of rotatable bonds is 5. The lowest BCUT2D eigenvalue weighted by molar-refractivity contribution is -0.133. The fourth-order valence-electron chi connectivity index (χ4n) is 2.30. The molecule has 112 valence electrons. The van der Waals surface area contributed by atoms with Crippen molar-refractivity contribution in [1.29, 1.82) is 0 Å². The number of hydrazine groups is 1. The van der Waals surface area contributed by atoms with Crippen LogP contribution in [0.4, 0.5) is 0 Å². The van der Waals surface area contributed by atoms with Crippen molar-refractivity contribution in [2.24, 2.45) is 5.92 Å². The molecule has 0 bridgehead atoms. The Bertz CT molecular complexity index is 398. The van der Waals surface area contributed by atoms with Crippen molar-refractivity contribution >= 4 is 17.8 Å². The molecular formula is C14H22N2O4. The minimum Gasteiger partial charge on any atom is -0.478 e. The lowest BCUT2D eigenvalue weighted by Gasteiger charge is -2.20. The topological polar surface area (TPSA) is 95.5 Å². The smallest absolute Gasteiger partial charge is 0.331 e. The van der Waals surface area contributed by atoms with Gasteiger partial charge in [0, 0.05) is 18.1 Å². The van der Waals surface area contributed by atoms with E-state index in [9.17, 15) is 14.4 Å². The van der Waals surface area contributed by atoms with E-state index in [1.165, 1.54) is 39.0 Å². The molecule has 0 unspecified atom stereocenters. The molecule has 1 aliphatic carbocycles. The minimum absolute atomic E-state index is 0.0843. The van der Waals surface area contributed by atoms with Gasteiger partial charge in [-0.2, -0.15) is 0 Å². The quantitative estimate of drug-likeness (QED) is 0.526. The molecule has 0 atom stereocenters. The maximum Gasteiger partial charge on any atom is 0.331 e. The number of carboxylic acids is 1. The van der Waals surface area contributed by atoms with Gasteiger partial charge >= 0.3 is 5.97 Å². The van der Waals surface area contributed by atoms with Gasteiger partial charge in [-0.05, 0) is 19.3 Å². The van der Waals surface area contributed by atoms with Crippen molar-refractivity contribution in [3.63, 3.8) is 0 Å². The number of nitrogens with one attached hydrogen (secondary N) is 2. The number of carbonyl (C=O) groups excluding carboxylic acids is 2. The van der Waals surface area contributed by atoms with Crippen LogP contribution in [0.25, 0.3) is 0 Å². The zero-order valence-electron chi connectivity index (χ0n) is 11.8. The monoisotopic (exact) mass is 282 g/mol. The lowest BCUT2D eigenvalue weighted by Crippen LogP contribution is -2.41. The molecule has 2 amide bonds. The van der Waals surface area contributed by atoms with Gasteiger partial charge in [0.2, 0.25) is 5.91 Å². The van der Waals surface area contributed by atoms with E-state index in [2.05, 4.69) is 10.9 Å². The summed E-state index contributed by atoms with van der Waals surface area (Å²) in [4.78, 5) is 33.4. The SMILES string of the molecule is CC(=CC(=O)NNC(=O)CCC1CCCCC1)C(=O)O. The first-order valence-electron chi connectivity index (χ1n) is 6.99. The van der Waals surface area contributed by atoms with Crippen LogP contribution in [-0.4, -0.2) is 22.9 Å². The predicted molar refractivity (Wildman–Crippen MR) is 73.5 cm³/mol. The third-order valence-corrected chi connectivity index (χ3v) is 3.51. The Balaban J connectivity index is 2.20. The molecular weight excluding hydrogens is 260 g/mol. The molecule has 1 fully saturated rings. The second-order valence-electron chi connectivity index (χ2n) is 5.21. The Morgan fingerprint density at radius 1 is 1.15 bits per heavy atom. The molecule has 3 N–H and O–H groups in total. The van der Waals surface area contributed by atoms with Gasteiger partial charge in [0.05, 0.1) is 0 Å². The second-order valence-corrected chi connectivity index (χ2v) is 5.21. The first-order chi connectivity index (χ1) is 9.49. The molecule has 6 nitrogen and oxygen atoms in total. The summed E-state index contributed by atoms with van der Waals surface area (Å²) >= 11 is 0. The highest BCUT2D eigenvalue weighted by atomic mass is 16.4. The molecule has 0 aliphatic heterocycles. The largest absolute Gasteiger partial charge is 0.478 e. The van der Waals surface area contributed by atoms with E-state index in [1.807, 2.05) is 0 Å². The Morgan fingerprint density at radius 3 is 2.40 bits per heavy atom. The Hall–Kier alpha value is -1.85. The molecule has 0 aromatic heterocycles. The van der Waals surface area contributed by atoms with Crippen molar-refractivity contribution < 1.29 is 19.5 Å². The highest BCUT2D eigenvalue weighted by Gasteiger charge is 2.14. The molecule has 0 aromatic rings. The summed E-state index contributed by atoms with van der Waals surface area (Å²) in [5, 5.41) is 8.60. The minimum atomic E-state index is -1.16. The molecule has 0 aromatic carbocycles. The van der Waals surface area contributed by atoms with E-state index < -0.39 is 11.9 Å². The third-order valence-electron chi connectivity index (χ3n) is 3.51. The van der Waals surface area contributed by atoms with Gasteiger partial charge in [-0.1, -0.05) is 32.1 Å². The zero-order valence-corrected chi connectivity index (χ0v) is 11.8. The maximum atomic E-state index is 11.5. The summed E-state index contributed by atoms with van der Waals surface area (Å²) in [5.41, 5.74) is 4.38. The van der Waals surface area contributed by atoms with E-state index in [-0.39, 0.29) is 11.5 Å². The summed E-state index contributed by atoms with van der Waals surface area (Å²) in [5.74, 6) is -1.44. The summed E-state index contributed by atoms with van der Waals surface area (Å²) in [6.07, 6.45) is 8.28. The number of carbonyl (C=O) groups is 3. The number of hydrogen-bond acceptors (Lipinski definition) is 3. The summed E-state index contributed by atoms with van der Waals surface area (Å²) in [6, 6.07) is 0. The molecule has 1 aliphatic rings. The van der Waals surface area contributed by atoms with Crippen molar-refractivity contribution in [3.8, 4) is 0 Å². The summed E-state index contributed by atoms with van der Waals surface area (Å²) < 4.78 is 0. The standard InChI is InChI=1S/C14H22N2O4/c1-10(14(19)20)9-13(18)16-15-12(17)8-7-11-5-3-2-4-6-11/h9,11H,2-8H2,1H3,(H,15,17)(H,16,18)(H,19,20). The van der Waals surface area contributed by atoms with Gasteiger partial charge in [-0.3, -0.25) is 20.4 Å². The number of carboxylic acid groups (broad SMARTS) is 1. The van der Waals surface area contributed by atoms with Gasteiger partial charge in [-0.15, -0.1) is 0 Å². The highest BCUT2D eigenvalue weighted by Crippen LogP contribution is 2.26.